The molecule has 84 valence electrons. The first kappa shape index (κ1) is 12.7. The Morgan fingerprint density at radius 3 is 2.47 bits per heavy atom. The molecule has 0 bridgehead atoms. The van der Waals surface area contributed by atoms with E-state index in [1.54, 1.807) is 0 Å². The molecular weight excluding hydrogens is 254 g/mol. The Morgan fingerprint density at radius 1 is 1.33 bits per heavy atom. The van der Waals surface area contributed by atoms with Gasteiger partial charge in [0.25, 0.3) is 0 Å². The summed E-state index contributed by atoms with van der Waals surface area (Å²) in [5, 5.41) is 8.84. The molecule has 2 nitrogen and oxygen atoms in total. The molecule has 0 aromatic heterocycles. The van der Waals surface area contributed by atoms with Crippen LogP contribution in [0.4, 0.5) is 0 Å². The van der Waals surface area contributed by atoms with Gasteiger partial charge in [0.1, 0.15) is 0 Å². The highest BCUT2D eigenvalue weighted by molar-refractivity contribution is 9.10. The van der Waals surface area contributed by atoms with Crippen molar-refractivity contribution < 1.29 is 5.11 Å². The van der Waals surface area contributed by atoms with Gasteiger partial charge in [-0.1, -0.05) is 28.1 Å². The van der Waals surface area contributed by atoms with E-state index in [-0.39, 0.29) is 6.61 Å². The maximum Gasteiger partial charge on any atom is 0.0558 e. The average molecular weight is 272 g/mol. The van der Waals surface area contributed by atoms with Crippen LogP contribution < -0.4 is 0 Å². The van der Waals surface area contributed by atoms with E-state index in [4.69, 9.17) is 5.11 Å². The molecule has 0 saturated carbocycles. The molecule has 0 spiro atoms. The van der Waals surface area contributed by atoms with E-state index in [9.17, 15) is 0 Å². The minimum Gasteiger partial charge on any atom is -0.395 e. The minimum atomic E-state index is 0.223. The zero-order chi connectivity index (χ0) is 11.3. The third-order valence-corrected chi connectivity index (χ3v) is 3.18. The third kappa shape index (κ3) is 4.33. The molecule has 15 heavy (non-hydrogen) atoms. The quantitative estimate of drug-likeness (QED) is 0.889. The molecule has 0 saturated heterocycles. The molecule has 0 radical (unpaired) electrons. The highest BCUT2D eigenvalue weighted by Crippen LogP contribution is 2.13. The molecule has 1 N–H and O–H groups in total. The zero-order valence-corrected chi connectivity index (χ0v) is 10.9. The first-order chi connectivity index (χ1) is 7.13. The summed E-state index contributed by atoms with van der Waals surface area (Å²) in [6.07, 6.45) is 1.02. The fourth-order valence-electron chi connectivity index (χ4n) is 1.50. The van der Waals surface area contributed by atoms with Crippen molar-refractivity contribution in [3.63, 3.8) is 0 Å². The van der Waals surface area contributed by atoms with Crippen LogP contribution in [0.3, 0.4) is 0 Å². The summed E-state index contributed by atoms with van der Waals surface area (Å²) in [7, 11) is 2.04. The van der Waals surface area contributed by atoms with Crippen molar-refractivity contribution in [2.45, 2.75) is 19.4 Å². The first-order valence-electron chi connectivity index (χ1n) is 5.19. The largest absolute Gasteiger partial charge is 0.395 e. The Bertz CT molecular complexity index is 286. The van der Waals surface area contributed by atoms with Gasteiger partial charge in [-0.2, -0.15) is 0 Å². The molecule has 0 aliphatic rings. The van der Waals surface area contributed by atoms with Crippen molar-refractivity contribution in [3.05, 3.63) is 34.3 Å². The van der Waals surface area contributed by atoms with Gasteiger partial charge in [-0.25, -0.2) is 0 Å². The van der Waals surface area contributed by atoms with Gasteiger partial charge in [-0.3, -0.25) is 0 Å². The Hall–Kier alpha value is -0.380. The van der Waals surface area contributed by atoms with E-state index in [1.165, 1.54) is 5.56 Å². The predicted octanol–water partition coefficient (Wildman–Crippen LogP) is 2.30. The second-order valence-corrected chi connectivity index (χ2v) is 4.80. The van der Waals surface area contributed by atoms with Crippen molar-refractivity contribution in [1.82, 2.24) is 4.90 Å². The van der Waals surface area contributed by atoms with Gasteiger partial charge in [0.05, 0.1) is 6.61 Å². The van der Waals surface area contributed by atoms with Gasteiger partial charge >= 0.3 is 0 Å². The van der Waals surface area contributed by atoms with Gasteiger partial charge in [-0.15, -0.1) is 0 Å². The van der Waals surface area contributed by atoms with Crippen LogP contribution in [-0.2, 0) is 6.42 Å². The molecule has 1 rings (SSSR count). The highest BCUT2D eigenvalue weighted by atomic mass is 79.9. The van der Waals surface area contributed by atoms with E-state index in [0.29, 0.717) is 6.04 Å². The predicted molar refractivity (Wildman–Crippen MR) is 67.0 cm³/mol. The van der Waals surface area contributed by atoms with E-state index in [0.717, 1.165) is 17.4 Å². The molecule has 3 heteroatoms. The standard InChI is InChI=1S/C12H18BrNO/c1-10(14(2)7-8-15)9-11-3-5-12(13)6-4-11/h3-6,10,15H,7-9H2,1-2H3. The number of rotatable bonds is 5. The average Bonchev–Trinajstić information content (AvgIpc) is 2.22. The topological polar surface area (TPSA) is 23.5 Å². The summed E-state index contributed by atoms with van der Waals surface area (Å²) in [4.78, 5) is 2.17. The lowest BCUT2D eigenvalue weighted by atomic mass is 10.1. The lowest BCUT2D eigenvalue weighted by Crippen LogP contribution is -2.33. The van der Waals surface area contributed by atoms with Crippen molar-refractivity contribution in [3.8, 4) is 0 Å². The number of hydrogen-bond acceptors (Lipinski definition) is 2. The number of benzene rings is 1. The fourth-order valence-corrected chi connectivity index (χ4v) is 1.76. The second kappa shape index (κ2) is 6.26. The van der Waals surface area contributed by atoms with Crippen LogP contribution >= 0.6 is 15.9 Å². The summed E-state index contributed by atoms with van der Waals surface area (Å²) >= 11 is 3.42. The molecule has 1 unspecified atom stereocenters. The summed E-state index contributed by atoms with van der Waals surface area (Å²) in [6.45, 7) is 3.14. The highest BCUT2D eigenvalue weighted by Gasteiger charge is 2.08. The maximum absolute atomic E-state index is 8.84. The first-order valence-corrected chi connectivity index (χ1v) is 5.98. The van der Waals surface area contributed by atoms with Crippen molar-refractivity contribution >= 4 is 15.9 Å². The van der Waals surface area contributed by atoms with E-state index in [1.807, 2.05) is 7.05 Å². The van der Waals surface area contributed by atoms with Crippen molar-refractivity contribution in [2.24, 2.45) is 0 Å². The zero-order valence-electron chi connectivity index (χ0n) is 9.28. The van der Waals surface area contributed by atoms with Crippen LogP contribution in [0.5, 0.6) is 0 Å². The van der Waals surface area contributed by atoms with E-state index in [2.05, 4.69) is 52.0 Å². The normalized spacial score (nSPS) is 13.1. The Kier molecular flexibility index (Phi) is 5.29. The Morgan fingerprint density at radius 2 is 1.93 bits per heavy atom. The summed E-state index contributed by atoms with van der Waals surface area (Å²) in [5.41, 5.74) is 1.33. The SMILES string of the molecule is CC(Cc1ccc(Br)cc1)N(C)CCO. The molecule has 1 atom stereocenters. The smallest absolute Gasteiger partial charge is 0.0558 e. The van der Waals surface area contributed by atoms with Gasteiger partial charge in [0.15, 0.2) is 0 Å². The minimum absolute atomic E-state index is 0.223. The van der Waals surface area contributed by atoms with Crippen molar-refractivity contribution in [2.75, 3.05) is 20.2 Å². The fraction of sp³-hybridized carbons (Fsp3) is 0.500. The summed E-state index contributed by atoms with van der Waals surface area (Å²) in [5.74, 6) is 0. The Labute approximate surface area is 100 Å². The van der Waals surface area contributed by atoms with Crippen molar-refractivity contribution in [1.29, 1.82) is 0 Å². The van der Waals surface area contributed by atoms with Crippen LogP contribution in [0.25, 0.3) is 0 Å². The lowest BCUT2D eigenvalue weighted by molar-refractivity contribution is 0.187. The van der Waals surface area contributed by atoms with Gasteiger partial charge in [0, 0.05) is 17.1 Å². The number of likely N-dealkylation sites (N-methyl/N-ethyl adjacent to an activating group) is 1. The van der Waals surface area contributed by atoms with E-state index < -0.39 is 0 Å². The summed E-state index contributed by atoms with van der Waals surface area (Å²) < 4.78 is 1.11. The lowest BCUT2D eigenvalue weighted by Gasteiger charge is -2.23. The summed E-state index contributed by atoms with van der Waals surface area (Å²) in [6, 6.07) is 8.85. The second-order valence-electron chi connectivity index (χ2n) is 3.88. The Balaban J connectivity index is 2.50. The molecule has 0 amide bonds. The van der Waals surface area contributed by atoms with Gasteiger partial charge in [-0.05, 0) is 38.1 Å². The molecule has 0 aliphatic carbocycles. The van der Waals surface area contributed by atoms with E-state index >= 15 is 0 Å². The van der Waals surface area contributed by atoms with Crippen LogP contribution in [0.1, 0.15) is 12.5 Å². The molecular formula is C12H18BrNO. The molecule has 0 fully saturated rings. The molecule has 0 aliphatic heterocycles. The van der Waals surface area contributed by atoms with Gasteiger partial charge in [0.2, 0.25) is 0 Å². The van der Waals surface area contributed by atoms with Crippen LogP contribution in [0.15, 0.2) is 28.7 Å². The molecule has 1 aromatic carbocycles. The van der Waals surface area contributed by atoms with Crippen LogP contribution in [-0.4, -0.2) is 36.2 Å². The number of nitrogens with zero attached hydrogens (tertiary/aromatic N) is 1. The van der Waals surface area contributed by atoms with Crippen LogP contribution in [0.2, 0.25) is 0 Å². The number of halogens is 1. The van der Waals surface area contributed by atoms with Gasteiger partial charge < -0.3 is 10.0 Å². The number of aliphatic hydroxyl groups excluding tert-OH is 1. The number of hydrogen-bond donors (Lipinski definition) is 1. The monoisotopic (exact) mass is 271 g/mol. The number of aliphatic hydroxyl groups is 1. The van der Waals surface area contributed by atoms with Crippen LogP contribution in [0, 0.1) is 0 Å². The molecule has 0 heterocycles. The maximum atomic E-state index is 8.84. The third-order valence-electron chi connectivity index (χ3n) is 2.65. The molecule has 1 aromatic rings.